The molecule has 0 saturated heterocycles. The van der Waals surface area contributed by atoms with Crippen molar-refractivity contribution < 1.29 is 4.79 Å². The lowest BCUT2D eigenvalue weighted by atomic mass is 10.1. The molecule has 1 aliphatic heterocycles. The van der Waals surface area contributed by atoms with Crippen LogP contribution < -0.4 is 0 Å². The lowest BCUT2D eigenvalue weighted by molar-refractivity contribution is 0.0727. The average molecular weight is 515 g/mol. The molecular weight excluding hydrogens is 504 g/mol. The van der Waals surface area contributed by atoms with Gasteiger partial charge >= 0.3 is 0 Å². The number of hydrogen-bond donors (Lipinski definition) is 0. The first-order chi connectivity index (χ1) is 11.5. The third kappa shape index (κ3) is 2.91. The van der Waals surface area contributed by atoms with Crippen LogP contribution in [-0.4, -0.2) is 31.9 Å². The number of amides is 1. The van der Waals surface area contributed by atoms with Crippen LogP contribution in [0, 0.1) is 0 Å². The van der Waals surface area contributed by atoms with Gasteiger partial charge in [-0.15, -0.1) is 0 Å². The molecule has 0 atom stereocenters. The zero-order chi connectivity index (χ0) is 16.8. The van der Waals surface area contributed by atoms with E-state index in [0.29, 0.717) is 18.8 Å². The molecule has 0 fully saturated rings. The number of carbonyl (C=O) groups excluding carboxylic acids is 1. The standard InChI is InChI=1S/C16H11Br3N4O/c17-10-3-9-7-22(2-1-13(9)20-6-10)16(24)14-5-15-12(19)4-11(18)8-23(15)21-14/h3-6,8H,1-2,7H2. The number of aromatic nitrogens is 3. The van der Waals surface area contributed by atoms with Crippen LogP contribution >= 0.6 is 47.8 Å². The van der Waals surface area contributed by atoms with E-state index in [9.17, 15) is 4.79 Å². The number of hydrogen-bond acceptors (Lipinski definition) is 3. The Bertz CT molecular complexity index is 969. The molecule has 24 heavy (non-hydrogen) atoms. The molecule has 122 valence electrons. The van der Waals surface area contributed by atoms with Gasteiger partial charge in [-0.05, 0) is 71.6 Å². The van der Waals surface area contributed by atoms with E-state index in [0.717, 1.165) is 36.6 Å². The normalized spacial score (nSPS) is 14.0. The predicted molar refractivity (Wildman–Crippen MR) is 101 cm³/mol. The lowest BCUT2D eigenvalue weighted by Gasteiger charge is -2.27. The third-order valence-corrected chi connectivity index (χ3v) is 5.51. The van der Waals surface area contributed by atoms with Crippen LogP contribution in [0.1, 0.15) is 21.7 Å². The number of nitrogens with zero attached hydrogens (tertiary/aromatic N) is 4. The molecule has 1 amide bonds. The van der Waals surface area contributed by atoms with Gasteiger partial charge in [-0.1, -0.05) is 0 Å². The second kappa shape index (κ2) is 6.24. The Balaban J connectivity index is 1.66. The maximum atomic E-state index is 12.9. The van der Waals surface area contributed by atoms with Gasteiger partial charge in [0.1, 0.15) is 0 Å². The molecule has 3 aromatic heterocycles. The van der Waals surface area contributed by atoms with Crippen molar-refractivity contribution in [2.45, 2.75) is 13.0 Å². The Morgan fingerprint density at radius 1 is 1.12 bits per heavy atom. The fourth-order valence-corrected chi connectivity index (χ4v) is 4.51. The second-order valence-electron chi connectivity index (χ2n) is 5.60. The maximum Gasteiger partial charge on any atom is 0.274 e. The van der Waals surface area contributed by atoms with Gasteiger partial charge < -0.3 is 4.90 Å². The molecule has 8 heteroatoms. The minimum Gasteiger partial charge on any atom is -0.332 e. The maximum absolute atomic E-state index is 12.9. The van der Waals surface area contributed by atoms with Crippen molar-refractivity contribution in [2.75, 3.05) is 6.54 Å². The van der Waals surface area contributed by atoms with Crippen molar-refractivity contribution in [3.63, 3.8) is 0 Å². The van der Waals surface area contributed by atoms with Crippen LogP contribution in [0.25, 0.3) is 5.52 Å². The Morgan fingerprint density at radius 3 is 2.79 bits per heavy atom. The van der Waals surface area contributed by atoms with Gasteiger partial charge in [-0.3, -0.25) is 9.78 Å². The van der Waals surface area contributed by atoms with Crippen molar-refractivity contribution >= 4 is 59.2 Å². The fourth-order valence-electron chi connectivity index (χ4n) is 2.86. The zero-order valence-corrected chi connectivity index (χ0v) is 17.1. The second-order valence-corrected chi connectivity index (χ2v) is 8.29. The Hall–Kier alpha value is -1.25. The molecule has 0 saturated carbocycles. The number of halogens is 3. The SMILES string of the molecule is O=C(c1cc2c(Br)cc(Br)cn2n1)N1CCc2ncc(Br)cc2C1. The van der Waals surface area contributed by atoms with E-state index in [4.69, 9.17) is 0 Å². The van der Waals surface area contributed by atoms with Crippen LogP contribution in [0.5, 0.6) is 0 Å². The van der Waals surface area contributed by atoms with Gasteiger partial charge in [-0.25, -0.2) is 4.52 Å². The largest absolute Gasteiger partial charge is 0.332 e. The number of fused-ring (bicyclic) bond motifs is 2. The van der Waals surface area contributed by atoms with E-state index in [1.165, 1.54) is 0 Å². The first kappa shape index (κ1) is 16.2. The number of pyridine rings is 2. The van der Waals surface area contributed by atoms with Crippen LogP contribution in [-0.2, 0) is 13.0 Å². The summed E-state index contributed by atoms with van der Waals surface area (Å²) in [7, 11) is 0. The summed E-state index contributed by atoms with van der Waals surface area (Å²) in [6.07, 6.45) is 4.40. The summed E-state index contributed by atoms with van der Waals surface area (Å²) in [5, 5.41) is 4.42. The molecule has 0 spiro atoms. The lowest BCUT2D eigenvalue weighted by Crippen LogP contribution is -2.36. The minimum atomic E-state index is -0.0626. The van der Waals surface area contributed by atoms with Gasteiger partial charge in [0.2, 0.25) is 0 Å². The van der Waals surface area contributed by atoms with E-state index >= 15 is 0 Å². The van der Waals surface area contributed by atoms with E-state index in [1.54, 1.807) is 10.7 Å². The van der Waals surface area contributed by atoms with Gasteiger partial charge in [0, 0.05) is 51.0 Å². The van der Waals surface area contributed by atoms with E-state index in [1.807, 2.05) is 29.3 Å². The summed E-state index contributed by atoms with van der Waals surface area (Å²) in [5.74, 6) is -0.0626. The monoisotopic (exact) mass is 512 g/mol. The quantitative estimate of drug-likeness (QED) is 0.489. The fraction of sp³-hybridized carbons (Fsp3) is 0.188. The molecule has 3 aromatic rings. The van der Waals surface area contributed by atoms with Crippen molar-refractivity contribution in [1.29, 1.82) is 0 Å². The van der Waals surface area contributed by atoms with Gasteiger partial charge in [-0.2, -0.15) is 5.10 Å². The molecule has 4 rings (SSSR count). The van der Waals surface area contributed by atoms with Crippen LogP contribution in [0.4, 0.5) is 0 Å². The number of carbonyl (C=O) groups is 1. The Labute approximate surface area is 163 Å². The average Bonchev–Trinajstić information content (AvgIpc) is 2.97. The predicted octanol–water partition coefficient (Wildman–Crippen LogP) is 4.22. The molecule has 0 N–H and O–H groups in total. The van der Waals surface area contributed by atoms with E-state index in [2.05, 4.69) is 57.9 Å². The summed E-state index contributed by atoms with van der Waals surface area (Å²) < 4.78 is 4.42. The van der Waals surface area contributed by atoms with Crippen molar-refractivity contribution in [2.24, 2.45) is 0 Å². The third-order valence-electron chi connectivity index (χ3n) is 4.00. The summed E-state index contributed by atoms with van der Waals surface area (Å²) in [5.41, 5.74) is 3.45. The molecule has 0 radical (unpaired) electrons. The first-order valence-corrected chi connectivity index (χ1v) is 9.66. The summed E-state index contributed by atoms with van der Waals surface area (Å²) in [6, 6.07) is 5.78. The van der Waals surface area contributed by atoms with E-state index < -0.39 is 0 Å². The summed E-state index contributed by atoms with van der Waals surface area (Å²) in [4.78, 5) is 19.1. The van der Waals surface area contributed by atoms with E-state index in [-0.39, 0.29) is 5.91 Å². The van der Waals surface area contributed by atoms with Crippen LogP contribution in [0.15, 0.2) is 44.0 Å². The number of rotatable bonds is 1. The van der Waals surface area contributed by atoms with Gasteiger partial charge in [0.15, 0.2) is 5.69 Å². The molecule has 0 unspecified atom stereocenters. The smallest absolute Gasteiger partial charge is 0.274 e. The van der Waals surface area contributed by atoms with Gasteiger partial charge in [0.05, 0.1) is 5.52 Å². The van der Waals surface area contributed by atoms with Crippen LogP contribution in [0.2, 0.25) is 0 Å². The Kier molecular flexibility index (Phi) is 4.22. The highest BCUT2D eigenvalue weighted by molar-refractivity contribution is 9.11. The molecule has 0 aromatic carbocycles. The van der Waals surface area contributed by atoms with Crippen LogP contribution in [0.3, 0.4) is 0 Å². The molecule has 4 heterocycles. The summed E-state index contributed by atoms with van der Waals surface area (Å²) >= 11 is 10.4. The molecule has 5 nitrogen and oxygen atoms in total. The van der Waals surface area contributed by atoms with Crippen molar-refractivity contribution in [1.82, 2.24) is 19.5 Å². The Morgan fingerprint density at radius 2 is 1.96 bits per heavy atom. The zero-order valence-electron chi connectivity index (χ0n) is 12.3. The molecule has 1 aliphatic rings. The molecule has 0 aliphatic carbocycles. The summed E-state index contributed by atoms with van der Waals surface area (Å²) in [6.45, 7) is 1.21. The van der Waals surface area contributed by atoms with Crippen molar-refractivity contribution in [3.8, 4) is 0 Å². The van der Waals surface area contributed by atoms with Gasteiger partial charge in [0.25, 0.3) is 5.91 Å². The highest BCUT2D eigenvalue weighted by atomic mass is 79.9. The topological polar surface area (TPSA) is 50.5 Å². The minimum absolute atomic E-state index is 0.0626. The van der Waals surface area contributed by atoms with Crippen molar-refractivity contribution in [3.05, 3.63) is 61.0 Å². The molecular formula is C16H11Br3N4O. The first-order valence-electron chi connectivity index (χ1n) is 7.28. The highest BCUT2D eigenvalue weighted by Gasteiger charge is 2.25. The molecule has 0 bridgehead atoms. The highest BCUT2D eigenvalue weighted by Crippen LogP contribution is 2.25.